The summed E-state index contributed by atoms with van der Waals surface area (Å²) in [6, 6.07) is 10.3. The zero-order chi connectivity index (χ0) is 22.9. The van der Waals surface area contributed by atoms with Crippen LogP contribution in [0.5, 0.6) is 11.5 Å². The number of ether oxygens (including phenoxy) is 2. The fraction of sp³-hybridized carbons (Fsp3) is 0.417. The number of halogens is 1. The van der Waals surface area contributed by atoms with Gasteiger partial charge in [0.2, 0.25) is 5.91 Å². The van der Waals surface area contributed by atoms with E-state index < -0.39 is 0 Å². The fourth-order valence-corrected chi connectivity index (χ4v) is 3.71. The smallest absolute Gasteiger partial charge is 0.222 e. The molecule has 0 fully saturated rings. The Kier molecular flexibility index (Phi) is 8.30. The van der Waals surface area contributed by atoms with Crippen molar-refractivity contribution in [1.29, 1.82) is 0 Å². The van der Waals surface area contributed by atoms with Gasteiger partial charge < -0.3 is 25.0 Å². The molecule has 0 unspecified atom stereocenters. The second-order valence-corrected chi connectivity index (χ2v) is 7.62. The molecule has 0 atom stereocenters. The lowest BCUT2D eigenvalue weighted by Gasteiger charge is -2.29. The number of guanidine groups is 1. The highest BCUT2D eigenvalue weighted by molar-refractivity contribution is 5.80. The van der Waals surface area contributed by atoms with Crippen LogP contribution < -0.4 is 20.1 Å². The predicted molar refractivity (Wildman–Crippen MR) is 123 cm³/mol. The lowest BCUT2D eigenvalue weighted by molar-refractivity contribution is -0.132. The van der Waals surface area contributed by atoms with E-state index in [0.717, 1.165) is 23.3 Å². The molecule has 32 heavy (non-hydrogen) atoms. The first kappa shape index (κ1) is 23.4. The molecule has 1 aliphatic heterocycles. The highest BCUT2D eigenvalue weighted by Gasteiger charge is 2.22. The Morgan fingerprint density at radius 2 is 1.78 bits per heavy atom. The molecule has 0 aromatic heterocycles. The summed E-state index contributed by atoms with van der Waals surface area (Å²) in [6.45, 7) is 2.46. The summed E-state index contributed by atoms with van der Waals surface area (Å²) in [4.78, 5) is 18.8. The Morgan fingerprint density at radius 3 is 2.44 bits per heavy atom. The van der Waals surface area contributed by atoms with Crippen LogP contribution >= 0.6 is 0 Å². The van der Waals surface area contributed by atoms with Gasteiger partial charge in [-0.3, -0.25) is 9.79 Å². The summed E-state index contributed by atoms with van der Waals surface area (Å²) in [5.41, 5.74) is 3.26. The van der Waals surface area contributed by atoms with Gasteiger partial charge in [-0.1, -0.05) is 12.1 Å². The number of rotatable bonds is 8. The largest absolute Gasteiger partial charge is 0.493 e. The summed E-state index contributed by atoms with van der Waals surface area (Å²) >= 11 is 0. The van der Waals surface area contributed by atoms with E-state index in [9.17, 15) is 9.18 Å². The third-order valence-corrected chi connectivity index (χ3v) is 5.53. The Hall–Kier alpha value is -3.29. The monoisotopic (exact) mass is 442 g/mol. The summed E-state index contributed by atoms with van der Waals surface area (Å²) in [6.07, 6.45) is 1.97. The number of nitrogens with one attached hydrogen (secondary N) is 2. The molecule has 0 aliphatic carbocycles. The molecule has 0 saturated carbocycles. The van der Waals surface area contributed by atoms with Crippen LogP contribution in [0.2, 0.25) is 0 Å². The van der Waals surface area contributed by atoms with Crippen LogP contribution in [-0.2, 0) is 24.3 Å². The van der Waals surface area contributed by atoms with E-state index in [1.165, 1.54) is 17.7 Å². The van der Waals surface area contributed by atoms with Gasteiger partial charge in [-0.15, -0.1) is 0 Å². The van der Waals surface area contributed by atoms with Crippen LogP contribution in [0.1, 0.15) is 29.5 Å². The molecule has 172 valence electrons. The van der Waals surface area contributed by atoms with Gasteiger partial charge in [0.05, 0.1) is 14.2 Å². The van der Waals surface area contributed by atoms with Gasteiger partial charge in [-0.2, -0.15) is 0 Å². The SMILES string of the molecule is CN=C(NCCCC(=O)N1CCc2cc(OC)c(OC)cc2C1)NCc1ccc(F)cc1. The lowest BCUT2D eigenvalue weighted by Crippen LogP contribution is -2.38. The normalized spacial score (nSPS) is 13.4. The van der Waals surface area contributed by atoms with E-state index in [-0.39, 0.29) is 11.7 Å². The van der Waals surface area contributed by atoms with Crippen molar-refractivity contribution in [3.05, 3.63) is 58.9 Å². The number of aliphatic imine (C=N–C) groups is 1. The minimum atomic E-state index is -0.253. The first-order valence-corrected chi connectivity index (χ1v) is 10.7. The number of carbonyl (C=O) groups excluding carboxylic acids is 1. The minimum absolute atomic E-state index is 0.140. The zero-order valence-corrected chi connectivity index (χ0v) is 18.9. The lowest BCUT2D eigenvalue weighted by atomic mass is 9.98. The van der Waals surface area contributed by atoms with Crippen molar-refractivity contribution in [2.75, 3.05) is 34.4 Å². The van der Waals surface area contributed by atoms with Crippen LogP contribution in [0.3, 0.4) is 0 Å². The molecule has 0 radical (unpaired) electrons. The van der Waals surface area contributed by atoms with Crippen molar-refractivity contribution in [2.45, 2.75) is 32.4 Å². The van der Waals surface area contributed by atoms with Gasteiger partial charge >= 0.3 is 0 Å². The number of amides is 1. The summed E-state index contributed by atoms with van der Waals surface area (Å²) in [5, 5.41) is 6.40. The zero-order valence-electron chi connectivity index (χ0n) is 18.9. The number of carbonyl (C=O) groups is 1. The number of hydrogen-bond acceptors (Lipinski definition) is 4. The van der Waals surface area contributed by atoms with E-state index in [2.05, 4.69) is 15.6 Å². The third-order valence-electron chi connectivity index (χ3n) is 5.53. The second-order valence-electron chi connectivity index (χ2n) is 7.62. The van der Waals surface area contributed by atoms with Gasteiger partial charge in [0.1, 0.15) is 5.82 Å². The Morgan fingerprint density at radius 1 is 1.09 bits per heavy atom. The Labute approximate surface area is 188 Å². The molecule has 0 saturated heterocycles. The first-order valence-electron chi connectivity index (χ1n) is 10.7. The molecule has 2 aromatic carbocycles. The van der Waals surface area contributed by atoms with Crippen LogP contribution in [0, 0.1) is 5.82 Å². The van der Waals surface area contributed by atoms with Crippen LogP contribution in [-0.4, -0.2) is 51.1 Å². The maximum Gasteiger partial charge on any atom is 0.222 e. The van der Waals surface area contributed by atoms with Gasteiger partial charge in [-0.25, -0.2) is 4.39 Å². The quantitative estimate of drug-likeness (QED) is 0.374. The highest BCUT2D eigenvalue weighted by Crippen LogP contribution is 2.33. The molecule has 8 heteroatoms. The summed E-state index contributed by atoms with van der Waals surface area (Å²) in [5.74, 6) is 1.94. The number of hydrogen-bond donors (Lipinski definition) is 2. The van der Waals surface area contributed by atoms with Crippen molar-refractivity contribution in [2.24, 2.45) is 4.99 Å². The third kappa shape index (κ3) is 6.12. The molecular weight excluding hydrogens is 411 g/mol. The Balaban J connectivity index is 1.42. The first-order chi connectivity index (χ1) is 15.5. The molecule has 2 aromatic rings. The molecule has 1 heterocycles. The summed E-state index contributed by atoms with van der Waals surface area (Å²) in [7, 11) is 4.94. The average molecular weight is 443 g/mol. The van der Waals surface area contributed by atoms with E-state index in [1.807, 2.05) is 17.0 Å². The van der Waals surface area contributed by atoms with Crippen LogP contribution in [0.25, 0.3) is 0 Å². The number of fused-ring (bicyclic) bond motifs is 1. The number of benzene rings is 2. The number of nitrogens with zero attached hydrogens (tertiary/aromatic N) is 2. The van der Waals surface area contributed by atoms with Crippen molar-refractivity contribution < 1.29 is 18.7 Å². The van der Waals surface area contributed by atoms with Gasteiger partial charge in [0.15, 0.2) is 17.5 Å². The van der Waals surface area contributed by atoms with Crippen molar-refractivity contribution >= 4 is 11.9 Å². The maximum atomic E-state index is 13.0. The molecule has 2 N–H and O–H groups in total. The van der Waals surface area contributed by atoms with Crippen molar-refractivity contribution in [3.8, 4) is 11.5 Å². The van der Waals surface area contributed by atoms with Gasteiger partial charge in [0, 0.05) is 39.6 Å². The molecule has 3 rings (SSSR count). The van der Waals surface area contributed by atoms with Crippen molar-refractivity contribution in [1.82, 2.24) is 15.5 Å². The average Bonchev–Trinajstić information content (AvgIpc) is 2.83. The molecule has 1 amide bonds. The molecular formula is C24H31FN4O3. The second kappa shape index (κ2) is 11.4. The minimum Gasteiger partial charge on any atom is -0.493 e. The van der Waals surface area contributed by atoms with E-state index in [0.29, 0.717) is 50.7 Å². The van der Waals surface area contributed by atoms with E-state index in [1.54, 1.807) is 33.4 Å². The standard InChI is InChI=1S/C24H31FN4O3/c1-26-24(28-15-17-6-8-20(25)9-7-17)27-11-4-5-23(30)29-12-10-18-13-21(31-2)22(32-3)14-19(18)16-29/h6-9,13-14H,4-5,10-12,15-16H2,1-3H3,(H2,26,27,28). The van der Waals surface area contributed by atoms with Gasteiger partial charge in [-0.05, 0) is 53.8 Å². The van der Waals surface area contributed by atoms with Crippen molar-refractivity contribution in [3.63, 3.8) is 0 Å². The topological polar surface area (TPSA) is 75.2 Å². The van der Waals surface area contributed by atoms with Crippen LogP contribution in [0.15, 0.2) is 41.4 Å². The molecule has 0 bridgehead atoms. The van der Waals surface area contributed by atoms with Gasteiger partial charge in [0.25, 0.3) is 0 Å². The van der Waals surface area contributed by atoms with E-state index in [4.69, 9.17) is 9.47 Å². The fourth-order valence-electron chi connectivity index (χ4n) is 3.71. The highest BCUT2D eigenvalue weighted by atomic mass is 19.1. The molecule has 7 nitrogen and oxygen atoms in total. The van der Waals surface area contributed by atoms with Crippen LogP contribution in [0.4, 0.5) is 4.39 Å². The molecule has 1 aliphatic rings. The summed E-state index contributed by atoms with van der Waals surface area (Å²) < 4.78 is 23.8. The predicted octanol–water partition coefficient (Wildman–Crippen LogP) is 2.87. The van der Waals surface area contributed by atoms with E-state index >= 15 is 0 Å². The molecule has 0 spiro atoms. The maximum absolute atomic E-state index is 13.0. The number of methoxy groups -OCH3 is 2. The Bertz CT molecular complexity index is 947.